The van der Waals surface area contributed by atoms with Crippen molar-refractivity contribution in [2.45, 2.75) is 13.5 Å². The first-order valence-electron chi connectivity index (χ1n) is 5.50. The highest BCUT2D eigenvalue weighted by atomic mass is 19.2. The topological polar surface area (TPSA) is 12.0 Å². The van der Waals surface area contributed by atoms with E-state index in [1.807, 2.05) is 31.2 Å². The Morgan fingerprint density at radius 3 is 2.39 bits per heavy atom. The van der Waals surface area contributed by atoms with Crippen LogP contribution in [-0.4, -0.2) is 0 Å². The summed E-state index contributed by atoms with van der Waals surface area (Å²) in [5.41, 5.74) is 1.98. The SMILES string of the molecule is Cc1cccc(CNc2cc(F)c(F)cc2F)c1. The van der Waals surface area contributed by atoms with E-state index in [-0.39, 0.29) is 5.69 Å². The first kappa shape index (κ1) is 12.5. The number of hydrogen-bond donors (Lipinski definition) is 1. The van der Waals surface area contributed by atoms with Crippen molar-refractivity contribution in [1.29, 1.82) is 0 Å². The van der Waals surface area contributed by atoms with Crippen molar-refractivity contribution in [2.75, 3.05) is 5.32 Å². The monoisotopic (exact) mass is 251 g/mol. The quantitative estimate of drug-likeness (QED) is 0.812. The molecule has 4 heteroatoms. The summed E-state index contributed by atoms with van der Waals surface area (Å²) in [4.78, 5) is 0. The van der Waals surface area contributed by atoms with Gasteiger partial charge in [0.15, 0.2) is 11.6 Å². The largest absolute Gasteiger partial charge is 0.379 e. The third kappa shape index (κ3) is 2.83. The van der Waals surface area contributed by atoms with Crippen molar-refractivity contribution >= 4 is 5.69 Å². The van der Waals surface area contributed by atoms with E-state index in [9.17, 15) is 13.2 Å². The third-order valence-corrected chi connectivity index (χ3v) is 2.58. The summed E-state index contributed by atoms with van der Waals surface area (Å²) in [6.07, 6.45) is 0. The lowest BCUT2D eigenvalue weighted by Gasteiger charge is -2.08. The Morgan fingerprint density at radius 2 is 1.67 bits per heavy atom. The molecule has 0 aliphatic heterocycles. The molecule has 0 spiro atoms. The zero-order valence-electron chi connectivity index (χ0n) is 9.81. The molecule has 0 aromatic heterocycles. The van der Waals surface area contributed by atoms with Gasteiger partial charge in [0.05, 0.1) is 5.69 Å². The molecular formula is C14H12F3N. The van der Waals surface area contributed by atoms with Gasteiger partial charge in [-0.25, -0.2) is 13.2 Å². The molecule has 0 saturated carbocycles. The highest BCUT2D eigenvalue weighted by molar-refractivity contribution is 5.46. The number of aryl methyl sites for hydroxylation is 1. The zero-order chi connectivity index (χ0) is 13.1. The van der Waals surface area contributed by atoms with Crippen LogP contribution in [0.4, 0.5) is 18.9 Å². The predicted octanol–water partition coefficient (Wildman–Crippen LogP) is 4.02. The Labute approximate surface area is 103 Å². The molecule has 0 saturated heterocycles. The van der Waals surface area contributed by atoms with Crippen LogP contribution in [0.25, 0.3) is 0 Å². The van der Waals surface area contributed by atoms with Crippen LogP contribution in [0.15, 0.2) is 36.4 Å². The van der Waals surface area contributed by atoms with Gasteiger partial charge in [-0.1, -0.05) is 29.8 Å². The van der Waals surface area contributed by atoms with Crippen molar-refractivity contribution in [3.8, 4) is 0 Å². The maximum absolute atomic E-state index is 13.3. The van der Waals surface area contributed by atoms with Crippen molar-refractivity contribution < 1.29 is 13.2 Å². The summed E-state index contributed by atoms with van der Waals surface area (Å²) in [7, 11) is 0. The molecule has 0 fully saturated rings. The lowest BCUT2D eigenvalue weighted by Crippen LogP contribution is -2.03. The Hall–Kier alpha value is -1.97. The fourth-order valence-electron chi connectivity index (χ4n) is 1.68. The van der Waals surface area contributed by atoms with E-state index >= 15 is 0 Å². The molecule has 0 bridgehead atoms. The number of benzene rings is 2. The van der Waals surface area contributed by atoms with Gasteiger partial charge < -0.3 is 5.32 Å². The lowest BCUT2D eigenvalue weighted by atomic mass is 10.1. The van der Waals surface area contributed by atoms with E-state index in [1.54, 1.807) is 0 Å². The maximum Gasteiger partial charge on any atom is 0.161 e. The van der Waals surface area contributed by atoms with Gasteiger partial charge in [-0.2, -0.15) is 0 Å². The van der Waals surface area contributed by atoms with E-state index in [2.05, 4.69) is 5.32 Å². The maximum atomic E-state index is 13.3. The number of anilines is 1. The number of halogens is 3. The average Bonchev–Trinajstić information content (AvgIpc) is 2.32. The predicted molar refractivity (Wildman–Crippen MR) is 64.8 cm³/mol. The number of rotatable bonds is 3. The number of nitrogens with one attached hydrogen (secondary N) is 1. The molecule has 2 aromatic carbocycles. The van der Waals surface area contributed by atoms with Crippen LogP contribution in [0.5, 0.6) is 0 Å². The molecule has 94 valence electrons. The zero-order valence-corrected chi connectivity index (χ0v) is 9.81. The van der Waals surface area contributed by atoms with Gasteiger partial charge in [0, 0.05) is 18.7 Å². The molecule has 2 aromatic rings. The van der Waals surface area contributed by atoms with Crippen LogP contribution < -0.4 is 5.32 Å². The van der Waals surface area contributed by atoms with E-state index < -0.39 is 17.5 Å². The van der Waals surface area contributed by atoms with E-state index in [1.165, 1.54) is 0 Å². The van der Waals surface area contributed by atoms with Crippen molar-refractivity contribution in [2.24, 2.45) is 0 Å². The second-order valence-corrected chi connectivity index (χ2v) is 4.09. The standard InChI is InChI=1S/C14H12F3N/c1-9-3-2-4-10(5-9)8-18-14-7-12(16)11(15)6-13(14)17/h2-7,18H,8H2,1H3. The average molecular weight is 251 g/mol. The van der Waals surface area contributed by atoms with Gasteiger partial charge in [-0.3, -0.25) is 0 Å². The summed E-state index contributed by atoms with van der Waals surface area (Å²) in [6, 6.07) is 8.99. The Kier molecular flexibility index (Phi) is 3.55. The first-order valence-corrected chi connectivity index (χ1v) is 5.50. The molecule has 1 N–H and O–H groups in total. The fraction of sp³-hybridized carbons (Fsp3) is 0.143. The lowest BCUT2D eigenvalue weighted by molar-refractivity contribution is 0.496. The summed E-state index contributed by atoms with van der Waals surface area (Å²) >= 11 is 0. The first-order chi connectivity index (χ1) is 8.56. The van der Waals surface area contributed by atoms with Crippen molar-refractivity contribution in [3.05, 3.63) is 65.0 Å². The Bertz CT molecular complexity index is 567. The van der Waals surface area contributed by atoms with Crippen molar-refractivity contribution in [1.82, 2.24) is 0 Å². The molecule has 18 heavy (non-hydrogen) atoms. The molecule has 1 nitrogen and oxygen atoms in total. The van der Waals surface area contributed by atoms with E-state index in [0.717, 1.165) is 17.2 Å². The molecule has 0 radical (unpaired) electrons. The second-order valence-electron chi connectivity index (χ2n) is 4.09. The van der Waals surface area contributed by atoms with E-state index in [0.29, 0.717) is 12.6 Å². The Morgan fingerprint density at radius 1 is 0.944 bits per heavy atom. The Balaban J connectivity index is 2.13. The summed E-state index contributed by atoms with van der Waals surface area (Å²) < 4.78 is 39.0. The molecule has 2 rings (SSSR count). The third-order valence-electron chi connectivity index (χ3n) is 2.58. The van der Waals surface area contributed by atoms with Gasteiger partial charge in [0.25, 0.3) is 0 Å². The number of hydrogen-bond acceptors (Lipinski definition) is 1. The molecular weight excluding hydrogens is 239 g/mol. The van der Waals surface area contributed by atoms with E-state index in [4.69, 9.17) is 0 Å². The highest BCUT2D eigenvalue weighted by Crippen LogP contribution is 2.19. The van der Waals surface area contributed by atoms with Crippen LogP contribution in [0.1, 0.15) is 11.1 Å². The smallest absolute Gasteiger partial charge is 0.161 e. The van der Waals surface area contributed by atoms with Crippen LogP contribution in [0.2, 0.25) is 0 Å². The molecule has 0 heterocycles. The summed E-state index contributed by atoms with van der Waals surface area (Å²) in [6.45, 7) is 2.30. The second kappa shape index (κ2) is 5.12. The van der Waals surface area contributed by atoms with Crippen LogP contribution in [-0.2, 0) is 6.54 Å². The summed E-state index contributed by atoms with van der Waals surface area (Å²) in [5, 5.41) is 2.74. The normalized spacial score (nSPS) is 10.4. The van der Waals surface area contributed by atoms with Gasteiger partial charge in [-0.15, -0.1) is 0 Å². The fourth-order valence-corrected chi connectivity index (χ4v) is 1.68. The van der Waals surface area contributed by atoms with Gasteiger partial charge >= 0.3 is 0 Å². The minimum atomic E-state index is -1.19. The molecule has 0 unspecified atom stereocenters. The van der Waals surface area contributed by atoms with Crippen LogP contribution in [0, 0.1) is 24.4 Å². The van der Waals surface area contributed by atoms with Gasteiger partial charge in [0.1, 0.15) is 5.82 Å². The molecule has 0 amide bonds. The van der Waals surface area contributed by atoms with Crippen LogP contribution in [0.3, 0.4) is 0 Å². The van der Waals surface area contributed by atoms with Crippen molar-refractivity contribution in [3.63, 3.8) is 0 Å². The highest BCUT2D eigenvalue weighted by Gasteiger charge is 2.09. The minimum absolute atomic E-state index is 0.0459. The van der Waals surface area contributed by atoms with Gasteiger partial charge in [-0.05, 0) is 12.5 Å². The van der Waals surface area contributed by atoms with Crippen LogP contribution >= 0.6 is 0 Å². The van der Waals surface area contributed by atoms with Gasteiger partial charge in [0.2, 0.25) is 0 Å². The molecule has 0 aliphatic carbocycles. The molecule has 0 atom stereocenters. The summed E-state index contributed by atoms with van der Waals surface area (Å²) in [5.74, 6) is -3.06. The molecule has 0 aliphatic rings. The minimum Gasteiger partial charge on any atom is -0.379 e.